The van der Waals surface area contributed by atoms with Crippen molar-refractivity contribution in [3.63, 3.8) is 0 Å². The number of hydrogen-bond donors (Lipinski definition) is 2. The lowest BCUT2D eigenvalue weighted by molar-refractivity contribution is -0.122. The number of halogens is 1. The van der Waals surface area contributed by atoms with Gasteiger partial charge in [-0.2, -0.15) is 5.48 Å². The summed E-state index contributed by atoms with van der Waals surface area (Å²) in [4.78, 5) is 16.6. The number of hydroxylamine groups is 1. The Labute approximate surface area is 100 Å². The maximum absolute atomic E-state index is 13.2. The Hall–Kier alpha value is -1.46. The van der Waals surface area contributed by atoms with Crippen molar-refractivity contribution in [2.45, 2.75) is 26.4 Å². The number of rotatable bonds is 4. The fourth-order valence-electron chi connectivity index (χ4n) is 1.08. The monoisotopic (exact) mass is 240 g/mol. The smallest absolute Gasteiger partial charge is 0.240 e. The highest BCUT2D eigenvalue weighted by Gasteiger charge is 2.11. The van der Waals surface area contributed by atoms with Gasteiger partial charge in [-0.15, -0.1) is 0 Å². The molecular weight excluding hydrogens is 223 g/mol. The molecule has 0 aliphatic rings. The van der Waals surface area contributed by atoms with Crippen LogP contribution in [0.1, 0.15) is 20.8 Å². The summed E-state index contributed by atoms with van der Waals surface area (Å²) in [6.45, 7) is 5.53. The van der Waals surface area contributed by atoms with Gasteiger partial charge in [-0.1, -0.05) is 12.1 Å². The van der Waals surface area contributed by atoms with Gasteiger partial charge in [0.05, 0.1) is 11.3 Å². The van der Waals surface area contributed by atoms with E-state index in [9.17, 15) is 9.18 Å². The van der Waals surface area contributed by atoms with E-state index < -0.39 is 5.82 Å². The van der Waals surface area contributed by atoms with E-state index in [-0.39, 0.29) is 23.7 Å². The first kappa shape index (κ1) is 13.6. The van der Waals surface area contributed by atoms with Gasteiger partial charge < -0.3 is 5.32 Å². The highest BCUT2D eigenvalue weighted by molar-refractivity contribution is 5.92. The Bertz CT molecular complexity index is 388. The summed E-state index contributed by atoms with van der Waals surface area (Å²) in [5, 5.41) is 2.44. The van der Waals surface area contributed by atoms with Crippen LogP contribution in [0, 0.1) is 5.82 Å². The molecule has 0 saturated heterocycles. The van der Waals surface area contributed by atoms with Crippen LogP contribution in [0.15, 0.2) is 24.3 Å². The van der Waals surface area contributed by atoms with E-state index in [1.807, 2.05) is 20.8 Å². The average molecular weight is 240 g/mol. The molecule has 0 aliphatic carbocycles. The lowest BCUT2D eigenvalue weighted by Gasteiger charge is -2.19. The molecule has 94 valence electrons. The van der Waals surface area contributed by atoms with Crippen molar-refractivity contribution in [2.75, 3.05) is 11.9 Å². The van der Waals surface area contributed by atoms with E-state index in [1.54, 1.807) is 12.1 Å². The summed E-state index contributed by atoms with van der Waals surface area (Å²) < 4.78 is 13.2. The third kappa shape index (κ3) is 5.42. The quantitative estimate of drug-likeness (QED) is 0.792. The van der Waals surface area contributed by atoms with Gasteiger partial charge in [-0.25, -0.2) is 4.39 Å². The maximum atomic E-state index is 13.2. The van der Waals surface area contributed by atoms with Crippen molar-refractivity contribution in [1.29, 1.82) is 0 Å². The van der Waals surface area contributed by atoms with Crippen LogP contribution < -0.4 is 10.8 Å². The second-order valence-electron chi connectivity index (χ2n) is 4.56. The highest BCUT2D eigenvalue weighted by atomic mass is 19.1. The lowest BCUT2D eigenvalue weighted by Crippen LogP contribution is -2.35. The van der Waals surface area contributed by atoms with Gasteiger partial charge in [-0.05, 0) is 32.9 Å². The lowest BCUT2D eigenvalue weighted by atomic mass is 10.2. The Morgan fingerprint density at radius 1 is 1.35 bits per heavy atom. The summed E-state index contributed by atoms with van der Waals surface area (Å²) in [5.41, 5.74) is 2.32. The third-order valence-corrected chi connectivity index (χ3v) is 1.76. The Morgan fingerprint density at radius 2 is 2.00 bits per heavy atom. The second kappa shape index (κ2) is 5.75. The molecule has 0 heterocycles. The number of carbonyl (C=O) groups excluding carboxylic acids is 1. The number of amides is 1. The zero-order valence-electron chi connectivity index (χ0n) is 10.2. The SMILES string of the molecule is CC(C)(C)ONCC(=O)Nc1ccccc1F. The number of hydrogen-bond acceptors (Lipinski definition) is 3. The van der Waals surface area contributed by atoms with Crippen LogP contribution >= 0.6 is 0 Å². The third-order valence-electron chi connectivity index (χ3n) is 1.76. The van der Waals surface area contributed by atoms with Crippen molar-refractivity contribution >= 4 is 11.6 Å². The van der Waals surface area contributed by atoms with Gasteiger partial charge in [0.15, 0.2) is 0 Å². The summed E-state index contributed by atoms with van der Waals surface area (Å²) in [5.74, 6) is -0.822. The first-order valence-corrected chi connectivity index (χ1v) is 5.34. The van der Waals surface area contributed by atoms with Crippen LogP contribution in [0.2, 0.25) is 0 Å². The first-order valence-electron chi connectivity index (χ1n) is 5.34. The summed E-state index contributed by atoms with van der Waals surface area (Å²) in [6.07, 6.45) is 0. The van der Waals surface area contributed by atoms with E-state index in [1.165, 1.54) is 12.1 Å². The minimum Gasteiger partial charge on any atom is -0.322 e. The van der Waals surface area contributed by atoms with E-state index in [2.05, 4.69) is 10.8 Å². The zero-order chi connectivity index (χ0) is 12.9. The second-order valence-corrected chi connectivity index (χ2v) is 4.56. The molecule has 0 saturated carbocycles. The molecule has 1 rings (SSSR count). The molecule has 0 aromatic heterocycles. The van der Waals surface area contributed by atoms with Crippen LogP contribution in [0.3, 0.4) is 0 Å². The predicted octanol–water partition coefficient (Wildman–Crippen LogP) is 2.08. The largest absolute Gasteiger partial charge is 0.322 e. The molecule has 2 N–H and O–H groups in total. The topological polar surface area (TPSA) is 50.4 Å². The molecule has 1 amide bonds. The summed E-state index contributed by atoms with van der Waals surface area (Å²) in [6, 6.07) is 6.00. The minimum atomic E-state index is -0.461. The Balaban J connectivity index is 2.38. The fourth-order valence-corrected chi connectivity index (χ4v) is 1.08. The molecule has 17 heavy (non-hydrogen) atoms. The fraction of sp³-hybridized carbons (Fsp3) is 0.417. The molecule has 1 aromatic rings. The molecule has 0 fully saturated rings. The maximum Gasteiger partial charge on any atom is 0.240 e. The van der Waals surface area contributed by atoms with Gasteiger partial charge in [0.1, 0.15) is 12.4 Å². The predicted molar refractivity (Wildman–Crippen MR) is 63.9 cm³/mol. The number of anilines is 1. The number of nitrogens with one attached hydrogen (secondary N) is 2. The molecular formula is C12H17FN2O2. The van der Waals surface area contributed by atoms with Crippen LogP contribution in [0.25, 0.3) is 0 Å². The van der Waals surface area contributed by atoms with Crippen molar-refractivity contribution in [3.05, 3.63) is 30.1 Å². The standard InChI is InChI=1S/C12H17FN2O2/c1-12(2,3)17-14-8-11(16)15-10-7-5-4-6-9(10)13/h4-7,14H,8H2,1-3H3,(H,15,16). The van der Waals surface area contributed by atoms with Crippen LogP contribution in [-0.4, -0.2) is 18.1 Å². The molecule has 0 spiro atoms. The van der Waals surface area contributed by atoms with E-state index in [4.69, 9.17) is 4.84 Å². The number of para-hydroxylation sites is 1. The molecule has 0 aliphatic heterocycles. The summed E-state index contributed by atoms with van der Waals surface area (Å²) in [7, 11) is 0. The van der Waals surface area contributed by atoms with Gasteiger partial charge >= 0.3 is 0 Å². The average Bonchev–Trinajstić information content (AvgIpc) is 2.19. The van der Waals surface area contributed by atoms with E-state index in [0.717, 1.165) is 0 Å². The highest BCUT2D eigenvalue weighted by Crippen LogP contribution is 2.11. The first-order chi connectivity index (χ1) is 7.88. The minimum absolute atomic E-state index is 0.0361. The normalized spacial score (nSPS) is 11.3. The molecule has 0 unspecified atom stereocenters. The zero-order valence-corrected chi connectivity index (χ0v) is 10.2. The van der Waals surface area contributed by atoms with Crippen molar-refractivity contribution in [1.82, 2.24) is 5.48 Å². The Kier molecular flexibility index (Phi) is 4.60. The van der Waals surface area contributed by atoms with Gasteiger partial charge in [0.25, 0.3) is 0 Å². The van der Waals surface area contributed by atoms with Crippen molar-refractivity contribution in [2.24, 2.45) is 0 Å². The van der Waals surface area contributed by atoms with Crippen LogP contribution in [0.5, 0.6) is 0 Å². The van der Waals surface area contributed by atoms with E-state index >= 15 is 0 Å². The van der Waals surface area contributed by atoms with Crippen LogP contribution in [0.4, 0.5) is 10.1 Å². The molecule has 0 atom stereocenters. The van der Waals surface area contributed by atoms with Crippen molar-refractivity contribution < 1.29 is 14.0 Å². The molecule has 0 bridgehead atoms. The Morgan fingerprint density at radius 3 is 2.59 bits per heavy atom. The van der Waals surface area contributed by atoms with Gasteiger partial charge in [-0.3, -0.25) is 9.63 Å². The van der Waals surface area contributed by atoms with Crippen molar-refractivity contribution in [3.8, 4) is 0 Å². The number of carbonyl (C=O) groups is 1. The van der Waals surface area contributed by atoms with E-state index in [0.29, 0.717) is 0 Å². The van der Waals surface area contributed by atoms with Gasteiger partial charge in [0.2, 0.25) is 5.91 Å². The number of benzene rings is 1. The molecule has 1 aromatic carbocycles. The van der Waals surface area contributed by atoms with Crippen LogP contribution in [-0.2, 0) is 9.63 Å². The molecule has 0 radical (unpaired) electrons. The van der Waals surface area contributed by atoms with Gasteiger partial charge in [0, 0.05) is 0 Å². The molecule has 4 nitrogen and oxygen atoms in total. The summed E-state index contributed by atoms with van der Waals surface area (Å²) >= 11 is 0. The molecule has 5 heteroatoms.